The van der Waals surface area contributed by atoms with Crippen molar-refractivity contribution < 1.29 is 20.1 Å². The summed E-state index contributed by atoms with van der Waals surface area (Å²) in [4.78, 5) is 0. The Labute approximate surface area is 71.8 Å². The van der Waals surface area contributed by atoms with Gasteiger partial charge in [-0.3, -0.25) is 0 Å². The Balaban J connectivity index is 2.80. The first kappa shape index (κ1) is 9.92. The minimum absolute atomic E-state index is 0.258. The van der Waals surface area contributed by atoms with Crippen LogP contribution in [0, 0.1) is 0 Å². The van der Waals surface area contributed by atoms with Gasteiger partial charge in [0.15, 0.2) is 0 Å². The van der Waals surface area contributed by atoms with E-state index in [0.29, 0.717) is 6.42 Å². The van der Waals surface area contributed by atoms with Gasteiger partial charge in [0, 0.05) is 0 Å². The normalized spacial score (nSPS) is 48.2. The fourth-order valence-corrected chi connectivity index (χ4v) is 1.69. The van der Waals surface area contributed by atoms with Gasteiger partial charge in [0.2, 0.25) is 0 Å². The summed E-state index contributed by atoms with van der Waals surface area (Å²) in [5.74, 6) is 0. The Bertz CT molecular complexity index is 161. The van der Waals surface area contributed by atoms with Crippen molar-refractivity contribution in [3.8, 4) is 0 Å². The van der Waals surface area contributed by atoms with Crippen LogP contribution in [0.4, 0.5) is 0 Å². The van der Waals surface area contributed by atoms with Crippen LogP contribution < -0.4 is 0 Å². The molecule has 1 heterocycles. The second kappa shape index (κ2) is 3.30. The minimum atomic E-state index is -1.28. The molecule has 0 aliphatic carbocycles. The summed E-state index contributed by atoms with van der Waals surface area (Å²) < 4.78 is 5.18. The van der Waals surface area contributed by atoms with E-state index in [4.69, 9.17) is 9.84 Å². The van der Waals surface area contributed by atoms with Crippen LogP contribution in [-0.4, -0.2) is 45.8 Å². The van der Waals surface area contributed by atoms with E-state index < -0.39 is 23.9 Å². The molecule has 0 bridgehead atoms. The second-order valence-corrected chi connectivity index (χ2v) is 3.30. The molecule has 0 spiro atoms. The summed E-state index contributed by atoms with van der Waals surface area (Å²) in [6, 6.07) is 0. The summed E-state index contributed by atoms with van der Waals surface area (Å²) in [5.41, 5.74) is -1.28. The van der Waals surface area contributed by atoms with Gasteiger partial charge in [0.25, 0.3) is 0 Å². The molecular formula is C8H16O4. The average molecular weight is 176 g/mol. The first-order chi connectivity index (χ1) is 5.56. The zero-order valence-electron chi connectivity index (χ0n) is 7.40. The van der Waals surface area contributed by atoms with Gasteiger partial charge in [0.05, 0.1) is 12.7 Å². The van der Waals surface area contributed by atoms with Crippen molar-refractivity contribution in [3.63, 3.8) is 0 Å². The van der Waals surface area contributed by atoms with Crippen LogP contribution >= 0.6 is 0 Å². The Morgan fingerprint density at radius 2 is 2.08 bits per heavy atom. The van der Waals surface area contributed by atoms with Gasteiger partial charge in [-0.25, -0.2) is 0 Å². The maximum Gasteiger partial charge on any atom is 0.121 e. The maximum atomic E-state index is 9.86. The minimum Gasteiger partial charge on any atom is -0.394 e. The van der Waals surface area contributed by atoms with Gasteiger partial charge in [-0.2, -0.15) is 0 Å². The number of aliphatic hydroxyl groups excluding tert-OH is 2. The number of rotatable bonds is 2. The van der Waals surface area contributed by atoms with E-state index in [0.717, 1.165) is 0 Å². The van der Waals surface area contributed by atoms with Gasteiger partial charge in [0.1, 0.15) is 17.8 Å². The lowest BCUT2D eigenvalue weighted by molar-refractivity contribution is -0.0941. The van der Waals surface area contributed by atoms with Gasteiger partial charge in [-0.05, 0) is 13.3 Å². The van der Waals surface area contributed by atoms with E-state index in [1.54, 1.807) is 13.8 Å². The lowest BCUT2D eigenvalue weighted by Gasteiger charge is -2.28. The van der Waals surface area contributed by atoms with Crippen LogP contribution in [0.25, 0.3) is 0 Å². The molecule has 0 aromatic heterocycles. The van der Waals surface area contributed by atoms with Crippen LogP contribution in [0.5, 0.6) is 0 Å². The number of aliphatic hydroxyl groups is 3. The van der Waals surface area contributed by atoms with Gasteiger partial charge >= 0.3 is 0 Å². The molecule has 72 valence electrons. The van der Waals surface area contributed by atoms with Crippen molar-refractivity contribution in [2.75, 3.05) is 6.61 Å². The molecular weight excluding hydrogens is 160 g/mol. The molecule has 1 fully saturated rings. The third-order valence-electron chi connectivity index (χ3n) is 2.63. The Morgan fingerprint density at radius 3 is 2.42 bits per heavy atom. The van der Waals surface area contributed by atoms with Crippen LogP contribution in [0.3, 0.4) is 0 Å². The lowest BCUT2D eigenvalue weighted by Crippen LogP contribution is -2.48. The molecule has 3 N–H and O–H groups in total. The second-order valence-electron chi connectivity index (χ2n) is 3.30. The topological polar surface area (TPSA) is 69.9 Å². The molecule has 12 heavy (non-hydrogen) atoms. The highest BCUT2D eigenvalue weighted by Gasteiger charge is 2.51. The monoisotopic (exact) mass is 176 g/mol. The van der Waals surface area contributed by atoms with Crippen molar-refractivity contribution in [1.29, 1.82) is 0 Å². The first-order valence-electron chi connectivity index (χ1n) is 4.23. The predicted molar refractivity (Wildman–Crippen MR) is 42.7 cm³/mol. The summed E-state index contributed by atoms with van der Waals surface area (Å²) in [6.07, 6.45) is -1.59. The summed E-state index contributed by atoms with van der Waals surface area (Å²) in [6.45, 7) is 3.18. The molecule has 0 radical (unpaired) electrons. The highest BCUT2D eigenvalue weighted by Crippen LogP contribution is 2.33. The van der Waals surface area contributed by atoms with Crippen LogP contribution in [0.1, 0.15) is 20.3 Å². The molecule has 1 saturated heterocycles. The smallest absolute Gasteiger partial charge is 0.121 e. The number of hydrogen-bond acceptors (Lipinski definition) is 4. The first-order valence-corrected chi connectivity index (χ1v) is 4.23. The lowest BCUT2D eigenvalue weighted by atomic mass is 9.89. The van der Waals surface area contributed by atoms with E-state index in [-0.39, 0.29) is 6.61 Å². The molecule has 4 nitrogen and oxygen atoms in total. The Kier molecular flexibility index (Phi) is 2.73. The largest absolute Gasteiger partial charge is 0.394 e. The van der Waals surface area contributed by atoms with E-state index in [2.05, 4.69) is 0 Å². The number of hydrogen-bond donors (Lipinski definition) is 3. The van der Waals surface area contributed by atoms with Crippen molar-refractivity contribution in [1.82, 2.24) is 0 Å². The zero-order valence-corrected chi connectivity index (χ0v) is 7.40. The fourth-order valence-electron chi connectivity index (χ4n) is 1.69. The average Bonchev–Trinajstić information content (AvgIpc) is 2.30. The summed E-state index contributed by atoms with van der Waals surface area (Å²) >= 11 is 0. The Hall–Kier alpha value is -0.160. The zero-order chi connectivity index (χ0) is 9.35. The molecule has 0 aromatic rings. The molecule has 2 unspecified atom stereocenters. The van der Waals surface area contributed by atoms with Gasteiger partial charge < -0.3 is 20.1 Å². The quantitative estimate of drug-likeness (QED) is 0.518. The van der Waals surface area contributed by atoms with Crippen molar-refractivity contribution >= 4 is 0 Å². The van der Waals surface area contributed by atoms with Crippen molar-refractivity contribution in [2.24, 2.45) is 0 Å². The van der Waals surface area contributed by atoms with Crippen LogP contribution in [0.2, 0.25) is 0 Å². The molecule has 1 aliphatic heterocycles. The molecule has 1 rings (SSSR count). The predicted octanol–water partition coefficient (Wildman–Crippen LogP) is -0.732. The maximum absolute atomic E-state index is 9.86. The SMILES string of the molecule is CCC1(O)C(O)[C@H](C)O[C@@H]1CO. The van der Waals surface area contributed by atoms with Crippen molar-refractivity contribution in [2.45, 2.75) is 44.2 Å². The molecule has 1 aliphatic rings. The van der Waals surface area contributed by atoms with Gasteiger partial charge in [-0.15, -0.1) is 0 Å². The standard InChI is InChI=1S/C8H16O4/c1-3-8(11)6(4-9)12-5(2)7(8)10/h5-7,9-11H,3-4H2,1-2H3/t5-,6+,7?,8?/m0/s1. The van der Waals surface area contributed by atoms with Crippen LogP contribution in [0.15, 0.2) is 0 Å². The molecule has 0 amide bonds. The Morgan fingerprint density at radius 1 is 1.50 bits per heavy atom. The van der Waals surface area contributed by atoms with E-state index in [9.17, 15) is 10.2 Å². The molecule has 0 aromatic carbocycles. The van der Waals surface area contributed by atoms with Gasteiger partial charge in [-0.1, -0.05) is 6.92 Å². The highest BCUT2D eigenvalue weighted by atomic mass is 16.6. The van der Waals surface area contributed by atoms with E-state index in [1.165, 1.54) is 0 Å². The molecule has 0 saturated carbocycles. The number of ether oxygens (including phenoxy) is 1. The third kappa shape index (κ3) is 1.25. The molecule has 4 atom stereocenters. The van der Waals surface area contributed by atoms with E-state index in [1.807, 2.05) is 0 Å². The third-order valence-corrected chi connectivity index (χ3v) is 2.63. The van der Waals surface area contributed by atoms with E-state index >= 15 is 0 Å². The summed E-state index contributed by atoms with van der Waals surface area (Å²) in [7, 11) is 0. The fraction of sp³-hybridized carbons (Fsp3) is 1.00. The van der Waals surface area contributed by atoms with Crippen LogP contribution in [-0.2, 0) is 4.74 Å². The highest BCUT2D eigenvalue weighted by molar-refractivity contribution is 5.01. The summed E-state index contributed by atoms with van der Waals surface area (Å²) in [5, 5.41) is 28.3. The molecule has 4 heteroatoms. The van der Waals surface area contributed by atoms with Crippen molar-refractivity contribution in [3.05, 3.63) is 0 Å².